The molecule has 0 unspecified atom stereocenters. The maximum Gasteiger partial charge on any atom is 0.293 e. The number of anilines is 2. The van der Waals surface area contributed by atoms with Crippen molar-refractivity contribution >= 4 is 44.6 Å². The van der Waals surface area contributed by atoms with Gasteiger partial charge in [-0.25, -0.2) is 4.39 Å². The van der Waals surface area contributed by atoms with Gasteiger partial charge >= 0.3 is 0 Å². The van der Waals surface area contributed by atoms with Crippen LogP contribution in [0.5, 0.6) is 0 Å². The second-order valence-corrected chi connectivity index (χ2v) is 4.99. The van der Waals surface area contributed by atoms with E-state index in [-0.39, 0.29) is 16.4 Å². The van der Waals surface area contributed by atoms with E-state index < -0.39 is 10.7 Å². The molecule has 2 aromatic rings. The molecule has 0 saturated carbocycles. The second-order valence-electron chi connectivity index (χ2n) is 3.67. The van der Waals surface area contributed by atoms with Crippen LogP contribution >= 0.6 is 27.5 Å². The second kappa shape index (κ2) is 5.54. The minimum atomic E-state index is -0.509. The molecule has 0 atom stereocenters. The van der Waals surface area contributed by atoms with Gasteiger partial charge in [-0.05, 0) is 30.3 Å². The molecule has 98 valence electrons. The Kier molecular flexibility index (Phi) is 4.01. The average molecular weight is 346 g/mol. The third-order valence-corrected chi connectivity index (χ3v) is 3.16. The van der Waals surface area contributed by atoms with Gasteiger partial charge in [-0.3, -0.25) is 10.1 Å². The van der Waals surface area contributed by atoms with Crippen molar-refractivity contribution < 1.29 is 9.31 Å². The molecule has 0 aliphatic rings. The zero-order chi connectivity index (χ0) is 14.0. The van der Waals surface area contributed by atoms with Gasteiger partial charge in [0.05, 0.1) is 15.6 Å². The quantitative estimate of drug-likeness (QED) is 0.636. The minimum Gasteiger partial charge on any atom is -0.349 e. The van der Waals surface area contributed by atoms with Crippen molar-refractivity contribution in [1.82, 2.24) is 0 Å². The number of benzene rings is 2. The van der Waals surface area contributed by atoms with Crippen molar-refractivity contribution in [2.75, 3.05) is 5.32 Å². The van der Waals surface area contributed by atoms with E-state index in [2.05, 4.69) is 21.2 Å². The van der Waals surface area contributed by atoms with E-state index in [0.29, 0.717) is 10.2 Å². The first-order valence-corrected chi connectivity index (χ1v) is 6.30. The fourth-order valence-corrected chi connectivity index (χ4v) is 2.06. The van der Waals surface area contributed by atoms with E-state index >= 15 is 0 Å². The Bertz CT molecular complexity index is 652. The SMILES string of the molecule is O=[N+]([O-])c1cc(Br)ccc1Nc1ccc(F)cc1Cl. The molecule has 0 spiro atoms. The molecule has 0 aromatic heterocycles. The van der Waals surface area contributed by atoms with Gasteiger partial charge < -0.3 is 5.32 Å². The summed E-state index contributed by atoms with van der Waals surface area (Å²) in [5.41, 5.74) is 0.574. The molecule has 0 fully saturated rings. The Labute approximate surface area is 121 Å². The number of nitro groups is 1. The van der Waals surface area contributed by atoms with Gasteiger partial charge in [0.15, 0.2) is 0 Å². The predicted octanol–water partition coefficient (Wildman–Crippen LogP) is 4.89. The fourth-order valence-electron chi connectivity index (χ4n) is 1.50. The zero-order valence-electron chi connectivity index (χ0n) is 9.36. The lowest BCUT2D eigenvalue weighted by Gasteiger charge is -2.09. The van der Waals surface area contributed by atoms with Crippen LogP contribution < -0.4 is 5.32 Å². The topological polar surface area (TPSA) is 55.2 Å². The molecule has 0 amide bonds. The molecule has 7 heteroatoms. The van der Waals surface area contributed by atoms with Crippen LogP contribution in [-0.4, -0.2) is 4.92 Å². The summed E-state index contributed by atoms with van der Waals surface area (Å²) in [5, 5.41) is 13.9. The van der Waals surface area contributed by atoms with Crippen molar-refractivity contribution in [2.45, 2.75) is 0 Å². The van der Waals surface area contributed by atoms with Crippen molar-refractivity contribution in [2.24, 2.45) is 0 Å². The van der Waals surface area contributed by atoms with E-state index in [9.17, 15) is 14.5 Å². The van der Waals surface area contributed by atoms with E-state index in [0.717, 1.165) is 6.07 Å². The monoisotopic (exact) mass is 344 g/mol. The molecular formula is C12H7BrClFN2O2. The average Bonchev–Trinajstić information content (AvgIpc) is 2.34. The summed E-state index contributed by atoms with van der Waals surface area (Å²) in [4.78, 5) is 10.4. The van der Waals surface area contributed by atoms with Crippen LogP contribution in [0.2, 0.25) is 5.02 Å². The lowest BCUT2D eigenvalue weighted by molar-refractivity contribution is -0.384. The summed E-state index contributed by atoms with van der Waals surface area (Å²) in [7, 11) is 0. The summed E-state index contributed by atoms with van der Waals surface area (Å²) in [6, 6.07) is 8.35. The van der Waals surface area contributed by atoms with Gasteiger partial charge in [0.2, 0.25) is 0 Å². The zero-order valence-corrected chi connectivity index (χ0v) is 11.7. The molecule has 2 rings (SSSR count). The van der Waals surface area contributed by atoms with Crippen molar-refractivity contribution in [3.05, 3.63) is 61.8 Å². The first-order valence-electron chi connectivity index (χ1n) is 5.13. The molecule has 4 nitrogen and oxygen atoms in total. The molecule has 0 heterocycles. The molecule has 0 bridgehead atoms. The first-order chi connectivity index (χ1) is 8.97. The van der Waals surface area contributed by atoms with Gasteiger partial charge in [-0.1, -0.05) is 27.5 Å². The van der Waals surface area contributed by atoms with Crippen LogP contribution in [0.15, 0.2) is 40.9 Å². The van der Waals surface area contributed by atoms with Gasteiger partial charge in [-0.2, -0.15) is 0 Å². The third-order valence-electron chi connectivity index (χ3n) is 2.36. The van der Waals surface area contributed by atoms with E-state index in [1.54, 1.807) is 12.1 Å². The smallest absolute Gasteiger partial charge is 0.293 e. The number of nitrogens with zero attached hydrogens (tertiary/aromatic N) is 1. The lowest BCUT2D eigenvalue weighted by Crippen LogP contribution is -1.97. The maximum absolute atomic E-state index is 12.9. The fraction of sp³-hybridized carbons (Fsp3) is 0. The van der Waals surface area contributed by atoms with Gasteiger partial charge in [0.1, 0.15) is 11.5 Å². The van der Waals surface area contributed by atoms with Crippen LogP contribution in [-0.2, 0) is 0 Å². The maximum atomic E-state index is 12.9. The van der Waals surface area contributed by atoms with Crippen LogP contribution in [0, 0.1) is 15.9 Å². The first kappa shape index (κ1) is 13.8. The van der Waals surface area contributed by atoms with Crippen molar-refractivity contribution in [1.29, 1.82) is 0 Å². The summed E-state index contributed by atoms with van der Waals surface area (Å²) >= 11 is 9.03. The van der Waals surface area contributed by atoms with E-state index in [1.165, 1.54) is 18.2 Å². The third kappa shape index (κ3) is 3.21. The highest BCUT2D eigenvalue weighted by Crippen LogP contribution is 2.33. The summed E-state index contributed by atoms with van der Waals surface area (Å²) in [5.74, 6) is -0.471. The largest absolute Gasteiger partial charge is 0.349 e. The Morgan fingerprint density at radius 1 is 1.21 bits per heavy atom. The number of nitro benzene ring substituents is 1. The molecule has 0 aliphatic carbocycles. The normalized spacial score (nSPS) is 10.3. The molecular weight excluding hydrogens is 338 g/mol. The van der Waals surface area contributed by atoms with Crippen molar-refractivity contribution in [3.63, 3.8) is 0 Å². The highest BCUT2D eigenvalue weighted by Gasteiger charge is 2.15. The summed E-state index contributed by atoms with van der Waals surface area (Å²) in [6.07, 6.45) is 0. The number of hydrogen-bond donors (Lipinski definition) is 1. The number of nitrogens with one attached hydrogen (secondary N) is 1. The molecule has 19 heavy (non-hydrogen) atoms. The number of rotatable bonds is 3. The van der Waals surface area contributed by atoms with E-state index in [1.807, 2.05) is 0 Å². The van der Waals surface area contributed by atoms with Gasteiger partial charge in [0, 0.05) is 10.5 Å². The Morgan fingerprint density at radius 3 is 2.53 bits per heavy atom. The Morgan fingerprint density at radius 2 is 1.89 bits per heavy atom. The Hall–Kier alpha value is -1.66. The molecule has 2 aromatic carbocycles. The van der Waals surface area contributed by atoms with Crippen molar-refractivity contribution in [3.8, 4) is 0 Å². The lowest BCUT2D eigenvalue weighted by atomic mass is 10.2. The predicted molar refractivity (Wildman–Crippen MR) is 75.5 cm³/mol. The number of hydrogen-bond acceptors (Lipinski definition) is 3. The molecule has 0 radical (unpaired) electrons. The summed E-state index contributed by atoms with van der Waals surface area (Å²) in [6.45, 7) is 0. The Balaban J connectivity index is 2.40. The van der Waals surface area contributed by atoms with Gasteiger partial charge in [-0.15, -0.1) is 0 Å². The van der Waals surface area contributed by atoms with Gasteiger partial charge in [0.25, 0.3) is 5.69 Å². The molecule has 0 aliphatic heterocycles. The molecule has 1 N–H and O–H groups in total. The highest BCUT2D eigenvalue weighted by molar-refractivity contribution is 9.10. The highest BCUT2D eigenvalue weighted by atomic mass is 79.9. The summed E-state index contributed by atoms with van der Waals surface area (Å²) < 4.78 is 13.5. The molecule has 0 saturated heterocycles. The minimum absolute atomic E-state index is 0.102. The van der Waals surface area contributed by atoms with Crippen LogP contribution in [0.3, 0.4) is 0 Å². The van der Waals surface area contributed by atoms with Crippen LogP contribution in [0.4, 0.5) is 21.5 Å². The number of halogens is 3. The standard InChI is InChI=1S/C12H7BrClFN2O2/c13-7-1-3-11(12(5-7)17(18)19)16-10-4-2-8(15)6-9(10)14/h1-6,16H. The van der Waals surface area contributed by atoms with Crippen LogP contribution in [0.25, 0.3) is 0 Å². The van der Waals surface area contributed by atoms with Crippen LogP contribution in [0.1, 0.15) is 0 Å². The van der Waals surface area contributed by atoms with E-state index in [4.69, 9.17) is 11.6 Å².